The second-order valence-electron chi connectivity index (χ2n) is 6.71. The first-order chi connectivity index (χ1) is 15.0. The zero-order chi connectivity index (χ0) is 21.8. The highest BCUT2D eigenvalue weighted by Crippen LogP contribution is 2.22. The number of aromatic hydroxyl groups is 1. The molecule has 2 heterocycles. The monoisotopic (exact) mass is 411 g/mol. The van der Waals surface area contributed by atoms with E-state index in [-0.39, 0.29) is 22.4 Å². The number of ketones is 1. The lowest BCUT2D eigenvalue weighted by molar-refractivity contribution is 0.100. The second-order valence-corrected chi connectivity index (χ2v) is 6.71. The van der Waals surface area contributed by atoms with Gasteiger partial charge >= 0.3 is 0 Å². The molecule has 0 saturated carbocycles. The van der Waals surface area contributed by atoms with Gasteiger partial charge in [0.2, 0.25) is 0 Å². The van der Waals surface area contributed by atoms with Gasteiger partial charge in [-0.2, -0.15) is 0 Å². The Morgan fingerprint density at radius 2 is 1.55 bits per heavy atom. The van der Waals surface area contributed by atoms with Crippen LogP contribution in [0.1, 0.15) is 26.3 Å². The predicted molar refractivity (Wildman–Crippen MR) is 116 cm³/mol. The van der Waals surface area contributed by atoms with Crippen LogP contribution < -0.4 is 11.0 Å². The molecule has 0 atom stereocenters. The molecular formula is C24H17N3O4. The molecule has 0 fully saturated rings. The highest BCUT2D eigenvalue weighted by molar-refractivity contribution is 6.11. The molecule has 2 aromatic carbocycles. The number of hydrogen-bond acceptors (Lipinski definition) is 5. The summed E-state index contributed by atoms with van der Waals surface area (Å²) in [5.74, 6) is -1.19. The Morgan fingerprint density at radius 3 is 2.26 bits per heavy atom. The van der Waals surface area contributed by atoms with Gasteiger partial charge in [-0.1, -0.05) is 42.5 Å². The average Bonchev–Trinajstić information content (AvgIpc) is 2.81. The molecule has 0 aliphatic carbocycles. The summed E-state index contributed by atoms with van der Waals surface area (Å²) in [5, 5.41) is 10.1. The van der Waals surface area contributed by atoms with Crippen LogP contribution in [-0.4, -0.2) is 26.5 Å². The first-order valence-corrected chi connectivity index (χ1v) is 9.41. The average molecular weight is 411 g/mol. The summed E-state index contributed by atoms with van der Waals surface area (Å²) >= 11 is 0. The molecule has 0 radical (unpaired) electrons. The highest BCUT2D eigenvalue weighted by atomic mass is 16.3. The molecular weight excluding hydrogens is 394 g/mol. The molecule has 31 heavy (non-hydrogen) atoms. The maximum Gasteiger partial charge on any atom is 0.277 e. The Bertz CT molecular complexity index is 1320. The minimum atomic E-state index is -0.532. The van der Waals surface area contributed by atoms with Crippen molar-refractivity contribution < 1.29 is 14.7 Å². The van der Waals surface area contributed by atoms with Crippen LogP contribution in [0.15, 0.2) is 96.2 Å². The van der Waals surface area contributed by atoms with E-state index in [9.17, 15) is 19.5 Å². The number of nitrogens with one attached hydrogen (secondary N) is 1. The van der Waals surface area contributed by atoms with Gasteiger partial charge in [-0.15, -0.1) is 0 Å². The van der Waals surface area contributed by atoms with Gasteiger partial charge in [-0.3, -0.25) is 24.8 Å². The minimum absolute atomic E-state index is 0.0900. The van der Waals surface area contributed by atoms with E-state index in [0.717, 1.165) is 4.68 Å². The smallest absolute Gasteiger partial charge is 0.277 e. The molecule has 0 bridgehead atoms. The van der Waals surface area contributed by atoms with Gasteiger partial charge in [0.25, 0.3) is 11.5 Å². The summed E-state index contributed by atoms with van der Waals surface area (Å²) in [6, 6.07) is 19.4. The van der Waals surface area contributed by atoms with Crippen LogP contribution in [0.3, 0.4) is 0 Å². The van der Waals surface area contributed by atoms with Crippen LogP contribution in [0.5, 0.6) is 5.75 Å². The number of phenols is 1. The van der Waals surface area contributed by atoms with Crippen molar-refractivity contribution in [1.29, 1.82) is 0 Å². The summed E-state index contributed by atoms with van der Waals surface area (Å²) in [6.45, 7) is 0. The van der Waals surface area contributed by atoms with E-state index in [2.05, 4.69) is 10.4 Å². The summed E-state index contributed by atoms with van der Waals surface area (Å²) in [4.78, 5) is 42.6. The fraction of sp³-hybridized carbons (Fsp3) is 0. The number of carbonyl (C=O) groups is 2. The fourth-order valence-corrected chi connectivity index (χ4v) is 3.11. The lowest BCUT2D eigenvalue weighted by Crippen LogP contribution is -2.34. The molecule has 2 aromatic heterocycles. The SMILES string of the molecule is O=C(Nn1cc(C(=O)c2ccccc2O)cc(-c2ccccc2)c1=O)c1ccncc1. The summed E-state index contributed by atoms with van der Waals surface area (Å²) in [5.41, 5.74) is 3.38. The minimum Gasteiger partial charge on any atom is -0.507 e. The van der Waals surface area contributed by atoms with Crippen molar-refractivity contribution in [3.8, 4) is 16.9 Å². The number of para-hydroxylation sites is 1. The number of benzene rings is 2. The Balaban J connectivity index is 1.83. The van der Waals surface area contributed by atoms with Crippen molar-refractivity contribution in [1.82, 2.24) is 9.66 Å². The van der Waals surface area contributed by atoms with E-state index >= 15 is 0 Å². The molecule has 4 rings (SSSR count). The van der Waals surface area contributed by atoms with Crippen molar-refractivity contribution in [2.45, 2.75) is 0 Å². The Labute approximate surface area is 177 Å². The van der Waals surface area contributed by atoms with E-state index < -0.39 is 17.2 Å². The van der Waals surface area contributed by atoms with Gasteiger partial charge in [-0.05, 0) is 35.9 Å². The fourth-order valence-electron chi connectivity index (χ4n) is 3.11. The quantitative estimate of drug-likeness (QED) is 0.491. The van der Waals surface area contributed by atoms with E-state index in [1.165, 1.54) is 48.9 Å². The molecule has 0 aliphatic heterocycles. The standard InChI is InChI=1S/C24H17N3O4/c28-21-9-5-4-8-19(21)22(29)18-14-20(16-6-2-1-3-7-16)24(31)27(15-18)26-23(30)17-10-12-25-13-11-17/h1-15,28H,(H,26,30). The largest absolute Gasteiger partial charge is 0.507 e. The molecule has 0 aliphatic rings. The normalized spacial score (nSPS) is 10.5. The van der Waals surface area contributed by atoms with Gasteiger partial charge in [0.05, 0.1) is 5.56 Å². The van der Waals surface area contributed by atoms with E-state index in [1.807, 2.05) is 6.07 Å². The van der Waals surface area contributed by atoms with Gasteiger partial charge in [0.15, 0.2) is 5.78 Å². The molecule has 7 heteroatoms. The van der Waals surface area contributed by atoms with Crippen molar-refractivity contribution in [2.75, 3.05) is 5.43 Å². The number of nitrogens with zero attached hydrogens (tertiary/aromatic N) is 2. The van der Waals surface area contributed by atoms with Crippen molar-refractivity contribution in [3.63, 3.8) is 0 Å². The van der Waals surface area contributed by atoms with E-state index in [4.69, 9.17) is 0 Å². The first kappa shape index (κ1) is 19.8. The molecule has 7 nitrogen and oxygen atoms in total. The van der Waals surface area contributed by atoms with Crippen LogP contribution >= 0.6 is 0 Å². The maximum atomic E-state index is 13.1. The highest BCUT2D eigenvalue weighted by Gasteiger charge is 2.18. The predicted octanol–water partition coefficient (Wildman–Crippen LogP) is 3.23. The third-order valence-electron chi connectivity index (χ3n) is 4.68. The molecule has 4 aromatic rings. The number of phenolic OH excluding ortho intramolecular Hbond substituents is 1. The summed E-state index contributed by atoms with van der Waals surface area (Å²) in [7, 11) is 0. The lowest BCUT2D eigenvalue weighted by Gasteiger charge is -2.13. The topological polar surface area (TPSA) is 101 Å². The third-order valence-corrected chi connectivity index (χ3v) is 4.68. The molecule has 0 saturated heterocycles. The van der Waals surface area contributed by atoms with Gasteiger partial charge in [0.1, 0.15) is 5.75 Å². The first-order valence-electron chi connectivity index (χ1n) is 9.41. The lowest BCUT2D eigenvalue weighted by atomic mass is 10.00. The number of rotatable bonds is 5. The van der Waals surface area contributed by atoms with Crippen molar-refractivity contribution in [2.24, 2.45) is 0 Å². The van der Waals surface area contributed by atoms with Crippen LogP contribution in [0.4, 0.5) is 0 Å². The molecule has 0 spiro atoms. The van der Waals surface area contributed by atoms with E-state index in [0.29, 0.717) is 11.1 Å². The zero-order valence-corrected chi connectivity index (χ0v) is 16.2. The van der Waals surface area contributed by atoms with Crippen LogP contribution in [-0.2, 0) is 0 Å². The zero-order valence-electron chi connectivity index (χ0n) is 16.2. The van der Waals surface area contributed by atoms with Crippen molar-refractivity contribution >= 4 is 11.7 Å². The van der Waals surface area contributed by atoms with Gasteiger partial charge < -0.3 is 5.11 Å². The number of pyridine rings is 2. The Morgan fingerprint density at radius 1 is 0.871 bits per heavy atom. The van der Waals surface area contributed by atoms with E-state index in [1.54, 1.807) is 36.4 Å². The number of aromatic nitrogens is 2. The second kappa shape index (κ2) is 8.46. The third kappa shape index (κ3) is 4.11. The van der Waals surface area contributed by atoms with Crippen LogP contribution in [0.25, 0.3) is 11.1 Å². The summed E-state index contributed by atoms with van der Waals surface area (Å²) < 4.78 is 0.984. The molecule has 2 N–H and O–H groups in total. The number of hydrogen-bond donors (Lipinski definition) is 2. The molecule has 1 amide bonds. The van der Waals surface area contributed by atoms with Gasteiger partial charge in [0, 0.05) is 35.3 Å². The summed E-state index contributed by atoms with van der Waals surface area (Å²) in [6.07, 6.45) is 4.18. The number of carbonyl (C=O) groups excluding carboxylic acids is 2. The van der Waals surface area contributed by atoms with Crippen molar-refractivity contribution in [3.05, 3.63) is 118 Å². The molecule has 0 unspecified atom stereocenters. The maximum absolute atomic E-state index is 13.1. The number of amides is 1. The Kier molecular flexibility index (Phi) is 5.40. The Hall–Kier alpha value is -4.52. The van der Waals surface area contributed by atoms with Crippen LogP contribution in [0.2, 0.25) is 0 Å². The molecule has 152 valence electrons. The van der Waals surface area contributed by atoms with Crippen LogP contribution in [0, 0.1) is 0 Å². The van der Waals surface area contributed by atoms with Gasteiger partial charge in [-0.25, -0.2) is 4.68 Å².